The molecular formula is C23H28ClNO. The average Bonchev–Trinajstić information content (AvgIpc) is 2.59. The van der Waals surface area contributed by atoms with Crippen molar-refractivity contribution in [1.29, 1.82) is 0 Å². The van der Waals surface area contributed by atoms with Crippen LogP contribution in [0.1, 0.15) is 30.4 Å². The maximum Gasteiger partial charge on any atom is 0.0940 e. The average molecular weight is 370 g/mol. The van der Waals surface area contributed by atoms with Crippen molar-refractivity contribution in [3.05, 3.63) is 76.3 Å². The maximum atomic E-state index is 11.9. The Hall–Kier alpha value is -1.61. The molecule has 1 fully saturated rings. The van der Waals surface area contributed by atoms with Crippen LogP contribution < -0.4 is 0 Å². The lowest BCUT2D eigenvalue weighted by Crippen LogP contribution is -2.48. The third-order valence-electron chi connectivity index (χ3n) is 5.32. The summed E-state index contributed by atoms with van der Waals surface area (Å²) in [6.07, 6.45) is 5.89. The molecule has 3 heteroatoms. The van der Waals surface area contributed by atoms with Crippen molar-refractivity contribution in [1.82, 2.24) is 4.90 Å². The van der Waals surface area contributed by atoms with E-state index in [0.717, 1.165) is 47.5 Å². The number of aliphatic hydroxyl groups is 1. The molecule has 3 rings (SSSR count). The van der Waals surface area contributed by atoms with Crippen LogP contribution in [-0.4, -0.2) is 36.2 Å². The van der Waals surface area contributed by atoms with E-state index in [1.54, 1.807) is 0 Å². The Balaban J connectivity index is 1.99. The molecule has 1 N–H and O–H groups in total. The van der Waals surface area contributed by atoms with Crippen LogP contribution in [0, 0.1) is 5.92 Å². The largest absolute Gasteiger partial charge is 0.385 e. The summed E-state index contributed by atoms with van der Waals surface area (Å²) < 4.78 is 0. The fourth-order valence-corrected chi connectivity index (χ4v) is 4.32. The van der Waals surface area contributed by atoms with Crippen LogP contribution in [0.3, 0.4) is 0 Å². The van der Waals surface area contributed by atoms with E-state index < -0.39 is 5.60 Å². The summed E-state index contributed by atoms with van der Waals surface area (Å²) in [5.41, 5.74) is 2.53. The molecule has 0 amide bonds. The standard InChI is InChI=1S/C23H28ClNO/c1-25(2)17-21-12-7-11-20(14-18-8-4-3-5-9-18)23(21,26)16-19-10-6-13-22(24)15-19/h3-6,8-10,13-15,21,26H,7,11-12,16-17H2,1-2H3/b20-14+. The van der Waals surface area contributed by atoms with Gasteiger partial charge in [0.15, 0.2) is 0 Å². The van der Waals surface area contributed by atoms with Gasteiger partial charge in [-0.1, -0.05) is 60.1 Å². The van der Waals surface area contributed by atoms with Gasteiger partial charge in [0, 0.05) is 23.9 Å². The lowest BCUT2D eigenvalue weighted by Gasteiger charge is -2.43. The maximum absolute atomic E-state index is 11.9. The molecule has 0 bridgehead atoms. The Morgan fingerprint density at radius 1 is 1.15 bits per heavy atom. The summed E-state index contributed by atoms with van der Waals surface area (Å²) in [5, 5.41) is 12.6. The van der Waals surface area contributed by atoms with E-state index >= 15 is 0 Å². The topological polar surface area (TPSA) is 23.5 Å². The molecule has 2 atom stereocenters. The quantitative estimate of drug-likeness (QED) is 0.796. The Bertz CT molecular complexity index is 756. The van der Waals surface area contributed by atoms with Crippen LogP contribution in [0.15, 0.2) is 60.2 Å². The van der Waals surface area contributed by atoms with Crippen LogP contribution in [0.4, 0.5) is 0 Å². The monoisotopic (exact) mass is 369 g/mol. The van der Waals surface area contributed by atoms with E-state index in [1.807, 2.05) is 36.4 Å². The van der Waals surface area contributed by atoms with Gasteiger partial charge in [-0.15, -0.1) is 0 Å². The van der Waals surface area contributed by atoms with Gasteiger partial charge in [-0.25, -0.2) is 0 Å². The van der Waals surface area contributed by atoms with Crippen LogP contribution in [0.5, 0.6) is 0 Å². The van der Waals surface area contributed by atoms with Gasteiger partial charge in [0.25, 0.3) is 0 Å². The molecule has 2 nitrogen and oxygen atoms in total. The zero-order valence-electron chi connectivity index (χ0n) is 15.7. The van der Waals surface area contributed by atoms with Crippen molar-refractivity contribution in [3.8, 4) is 0 Å². The molecule has 26 heavy (non-hydrogen) atoms. The highest BCUT2D eigenvalue weighted by molar-refractivity contribution is 6.30. The van der Waals surface area contributed by atoms with E-state index in [4.69, 9.17) is 11.6 Å². The number of hydrogen-bond acceptors (Lipinski definition) is 2. The molecule has 0 heterocycles. The summed E-state index contributed by atoms with van der Waals surface area (Å²) in [5.74, 6) is 0.209. The molecule has 1 aliphatic carbocycles. The highest BCUT2D eigenvalue weighted by Crippen LogP contribution is 2.42. The van der Waals surface area contributed by atoms with Crippen molar-refractivity contribution in [3.63, 3.8) is 0 Å². The highest BCUT2D eigenvalue weighted by Gasteiger charge is 2.42. The third kappa shape index (κ3) is 4.56. The van der Waals surface area contributed by atoms with E-state index in [1.165, 1.54) is 0 Å². The van der Waals surface area contributed by atoms with Gasteiger partial charge in [0.2, 0.25) is 0 Å². The molecule has 2 unspecified atom stereocenters. The molecule has 1 aliphatic rings. The summed E-state index contributed by atoms with van der Waals surface area (Å²) in [4.78, 5) is 2.18. The zero-order valence-corrected chi connectivity index (χ0v) is 16.4. The molecule has 0 radical (unpaired) electrons. The molecular weight excluding hydrogens is 342 g/mol. The minimum absolute atomic E-state index is 0.209. The minimum atomic E-state index is -0.844. The summed E-state index contributed by atoms with van der Waals surface area (Å²) >= 11 is 6.19. The van der Waals surface area contributed by atoms with E-state index in [9.17, 15) is 5.11 Å². The predicted octanol–water partition coefficient (Wildman–Crippen LogP) is 5.06. The summed E-state index contributed by atoms with van der Waals surface area (Å²) in [7, 11) is 4.16. The molecule has 0 aromatic heterocycles. The fourth-order valence-electron chi connectivity index (χ4n) is 4.10. The Morgan fingerprint density at radius 2 is 1.92 bits per heavy atom. The summed E-state index contributed by atoms with van der Waals surface area (Å²) in [6.45, 7) is 0.878. The van der Waals surface area contributed by atoms with Gasteiger partial charge in [-0.05, 0) is 62.2 Å². The lowest BCUT2D eigenvalue weighted by atomic mass is 9.68. The van der Waals surface area contributed by atoms with Gasteiger partial charge >= 0.3 is 0 Å². The second kappa shape index (κ2) is 8.39. The molecule has 2 aromatic carbocycles. The van der Waals surface area contributed by atoms with Gasteiger partial charge in [-0.3, -0.25) is 0 Å². The minimum Gasteiger partial charge on any atom is -0.385 e. The molecule has 2 aromatic rings. The van der Waals surface area contributed by atoms with Crippen LogP contribution in [-0.2, 0) is 6.42 Å². The first-order chi connectivity index (χ1) is 12.5. The van der Waals surface area contributed by atoms with Gasteiger partial charge in [0.1, 0.15) is 0 Å². The van der Waals surface area contributed by atoms with Gasteiger partial charge < -0.3 is 10.0 Å². The van der Waals surface area contributed by atoms with Crippen LogP contribution in [0.2, 0.25) is 5.02 Å². The fraction of sp³-hybridized carbons (Fsp3) is 0.391. The Labute approximate surface area is 162 Å². The number of benzene rings is 2. The van der Waals surface area contributed by atoms with Crippen LogP contribution >= 0.6 is 11.6 Å². The van der Waals surface area contributed by atoms with Crippen molar-refractivity contribution in [2.75, 3.05) is 20.6 Å². The SMILES string of the molecule is CN(C)CC1CCC/C(=C\c2ccccc2)C1(O)Cc1cccc(Cl)c1. The number of hydrogen-bond donors (Lipinski definition) is 1. The normalized spacial score (nSPS) is 25.0. The molecule has 0 saturated heterocycles. The second-order valence-corrected chi connectivity index (χ2v) is 8.10. The number of nitrogens with zero attached hydrogens (tertiary/aromatic N) is 1. The van der Waals surface area contributed by atoms with Crippen molar-refractivity contribution >= 4 is 17.7 Å². The third-order valence-corrected chi connectivity index (χ3v) is 5.55. The van der Waals surface area contributed by atoms with E-state index in [0.29, 0.717) is 6.42 Å². The molecule has 0 spiro atoms. The number of halogens is 1. The first-order valence-corrected chi connectivity index (χ1v) is 9.73. The summed E-state index contributed by atoms with van der Waals surface area (Å²) in [6, 6.07) is 18.2. The van der Waals surface area contributed by atoms with Gasteiger partial charge in [-0.2, -0.15) is 0 Å². The first-order valence-electron chi connectivity index (χ1n) is 9.35. The highest BCUT2D eigenvalue weighted by atomic mass is 35.5. The van der Waals surface area contributed by atoms with Crippen molar-refractivity contribution in [2.45, 2.75) is 31.3 Å². The Kier molecular flexibility index (Phi) is 6.18. The van der Waals surface area contributed by atoms with Crippen molar-refractivity contribution in [2.24, 2.45) is 5.92 Å². The molecule has 138 valence electrons. The first kappa shape index (κ1) is 19.2. The van der Waals surface area contributed by atoms with Crippen LogP contribution in [0.25, 0.3) is 6.08 Å². The molecule has 1 saturated carbocycles. The number of rotatable bonds is 5. The zero-order chi connectivity index (χ0) is 18.6. The lowest BCUT2D eigenvalue weighted by molar-refractivity contribution is -0.0123. The Morgan fingerprint density at radius 3 is 2.62 bits per heavy atom. The predicted molar refractivity (Wildman–Crippen MR) is 110 cm³/mol. The smallest absolute Gasteiger partial charge is 0.0940 e. The van der Waals surface area contributed by atoms with Crippen molar-refractivity contribution < 1.29 is 5.11 Å². The molecule has 0 aliphatic heterocycles. The van der Waals surface area contributed by atoms with E-state index in [-0.39, 0.29) is 5.92 Å². The van der Waals surface area contributed by atoms with E-state index in [2.05, 4.69) is 43.3 Å². The van der Waals surface area contributed by atoms with Gasteiger partial charge in [0.05, 0.1) is 5.60 Å². The second-order valence-electron chi connectivity index (χ2n) is 7.66.